The molecular weight excluding hydrogens is 328 g/mol. The lowest BCUT2D eigenvalue weighted by atomic mass is 10.1. The lowest BCUT2D eigenvalue weighted by Gasteiger charge is -2.29. The second-order valence-electron chi connectivity index (χ2n) is 6.77. The number of hydrogen-bond acceptors (Lipinski definition) is 7. The van der Waals surface area contributed by atoms with Crippen LogP contribution in [0.3, 0.4) is 0 Å². The molecule has 0 N–H and O–H groups in total. The molecule has 1 atom stereocenters. The van der Waals surface area contributed by atoms with Gasteiger partial charge in [0.1, 0.15) is 12.2 Å². The van der Waals surface area contributed by atoms with Gasteiger partial charge in [0.15, 0.2) is 0 Å². The standard InChI is InChI=1S/C19H20N6O/c1-25-6-2-3-16(12-25)26-19-17(9-20)23-10-15(24-19)8-14-7-13-4-5-21-18(13)11-22-14/h5,7,10-11,16H,2-4,6,8,12H2,1H3. The summed E-state index contributed by atoms with van der Waals surface area (Å²) in [7, 11) is 2.08. The maximum Gasteiger partial charge on any atom is 0.251 e. The van der Waals surface area contributed by atoms with E-state index in [9.17, 15) is 5.26 Å². The molecule has 2 aliphatic rings. The first-order valence-corrected chi connectivity index (χ1v) is 8.83. The number of likely N-dealkylation sites (tertiary alicyclic amines) is 1. The van der Waals surface area contributed by atoms with Crippen LogP contribution in [0.25, 0.3) is 0 Å². The molecule has 0 spiro atoms. The summed E-state index contributed by atoms with van der Waals surface area (Å²) < 4.78 is 6.02. The summed E-state index contributed by atoms with van der Waals surface area (Å²) in [5.74, 6) is 0.329. The van der Waals surface area contributed by atoms with E-state index >= 15 is 0 Å². The van der Waals surface area contributed by atoms with E-state index in [0.29, 0.717) is 12.3 Å². The van der Waals surface area contributed by atoms with E-state index in [2.05, 4.69) is 44.0 Å². The van der Waals surface area contributed by atoms with Crippen molar-refractivity contribution < 1.29 is 4.74 Å². The Morgan fingerprint density at radius 1 is 1.31 bits per heavy atom. The van der Waals surface area contributed by atoms with Gasteiger partial charge in [0.05, 0.1) is 23.8 Å². The number of nitrogens with zero attached hydrogens (tertiary/aromatic N) is 6. The second-order valence-corrected chi connectivity index (χ2v) is 6.77. The highest BCUT2D eigenvalue weighted by molar-refractivity contribution is 5.75. The second kappa shape index (κ2) is 7.18. The molecule has 1 fully saturated rings. The molecule has 0 saturated carbocycles. The van der Waals surface area contributed by atoms with E-state index in [-0.39, 0.29) is 11.8 Å². The number of likely N-dealkylation sites (N-methyl/N-ethyl adjacent to an activating group) is 1. The normalized spacial score (nSPS) is 19.2. The van der Waals surface area contributed by atoms with Gasteiger partial charge in [0.25, 0.3) is 5.88 Å². The predicted octanol–water partition coefficient (Wildman–Crippen LogP) is 2.07. The van der Waals surface area contributed by atoms with Crippen molar-refractivity contribution in [2.75, 3.05) is 20.1 Å². The molecule has 2 aromatic rings. The Morgan fingerprint density at radius 3 is 3.08 bits per heavy atom. The summed E-state index contributed by atoms with van der Waals surface area (Å²) in [6.07, 6.45) is 8.79. The summed E-state index contributed by atoms with van der Waals surface area (Å²) in [4.78, 5) is 19.7. The van der Waals surface area contributed by atoms with Crippen molar-refractivity contribution in [3.63, 3.8) is 0 Å². The average molecular weight is 348 g/mol. The van der Waals surface area contributed by atoms with E-state index < -0.39 is 0 Å². The minimum absolute atomic E-state index is 0.0423. The van der Waals surface area contributed by atoms with Crippen molar-refractivity contribution >= 4 is 11.9 Å². The highest BCUT2D eigenvalue weighted by Crippen LogP contribution is 2.24. The molecule has 7 nitrogen and oxygen atoms in total. The average Bonchev–Trinajstić information content (AvgIpc) is 3.10. The van der Waals surface area contributed by atoms with Gasteiger partial charge in [0, 0.05) is 31.3 Å². The van der Waals surface area contributed by atoms with Crippen LogP contribution in [0.1, 0.15) is 35.5 Å². The van der Waals surface area contributed by atoms with Gasteiger partial charge in [-0.1, -0.05) is 0 Å². The maximum atomic E-state index is 9.32. The lowest BCUT2D eigenvalue weighted by molar-refractivity contribution is 0.0991. The fourth-order valence-electron chi connectivity index (χ4n) is 3.37. The molecule has 26 heavy (non-hydrogen) atoms. The van der Waals surface area contributed by atoms with Gasteiger partial charge in [-0.15, -0.1) is 0 Å². The minimum atomic E-state index is 0.0423. The highest BCUT2D eigenvalue weighted by Gasteiger charge is 2.21. The van der Waals surface area contributed by atoms with Gasteiger partial charge in [0.2, 0.25) is 5.69 Å². The van der Waals surface area contributed by atoms with Crippen molar-refractivity contribution in [3.8, 4) is 11.9 Å². The van der Waals surface area contributed by atoms with Crippen LogP contribution in [0, 0.1) is 11.3 Å². The number of ether oxygens (including phenoxy) is 1. The smallest absolute Gasteiger partial charge is 0.251 e. The van der Waals surface area contributed by atoms with Crippen molar-refractivity contribution in [1.82, 2.24) is 19.9 Å². The molecule has 1 unspecified atom stereocenters. The fourth-order valence-corrected chi connectivity index (χ4v) is 3.37. The molecule has 0 radical (unpaired) electrons. The van der Waals surface area contributed by atoms with E-state index in [1.54, 1.807) is 12.4 Å². The molecule has 2 aromatic heterocycles. The predicted molar refractivity (Wildman–Crippen MR) is 96.8 cm³/mol. The third kappa shape index (κ3) is 3.55. The van der Waals surface area contributed by atoms with Crippen LogP contribution in [-0.4, -0.2) is 52.3 Å². The number of aliphatic imine (C=N–C) groups is 1. The molecule has 0 aromatic carbocycles. The molecule has 132 valence electrons. The summed E-state index contributed by atoms with van der Waals surface area (Å²) >= 11 is 0. The van der Waals surface area contributed by atoms with Crippen molar-refractivity contribution in [2.45, 2.75) is 31.8 Å². The highest BCUT2D eigenvalue weighted by atomic mass is 16.5. The zero-order valence-corrected chi connectivity index (χ0v) is 14.7. The third-order valence-corrected chi connectivity index (χ3v) is 4.68. The zero-order valence-electron chi connectivity index (χ0n) is 14.7. The Kier molecular flexibility index (Phi) is 4.59. The van der Waals surface area contributed by atoms with E-state index in [0.717, 1.165) is 49.4 Å². The molecule has 7 heteroatoms. The molecule has 4 heterocycles. The molecule has 2 aliphatic heterocycles. The van der Waals surface area contributed by atoms with E-state index in [1.807, 2.05) is 6.21 Å². The summed E-state index contributed by atoms with van der Waals surface area (Å²) in [5, 5.41) is 9.32. The molecule has 1 saturated heterocycles. The third-order valence-electron chi connectivity index (χ3n) is 4.68. The van der Waals surface area contributed by atoms with Crippen LogP contribution in [-0.2, 0) is 12.8 Å². The fraction of sp³-hybridized carbons (Fsp3) is 0.421. The van der Waals surface area contributed by atoms with Gasteiger partial charge >= 0.3 is 0 Å². The Balaban J connectivity index is 1.53. The summed E-state index contributed by atoms with van der Waals surface area (Å²) in [6, 6.07) is 4.13. The van der Waals surface area contributed by atoms with Gasteiger partial charge in [-0.3, -0.25) is 9.98 Å². The molecule has 4 rings (SSSR count). The Labute approximate surface area is 152 Å². The Hall–Kier alpha value is -2.85. The van der Waals surface area contributed by atoms with Crippen LogP contribution >= 0.6 is 0 Å². The Morgan fingerprint density at radius 2 is 2.23 bits per heavy atom. The van der Waals surface area contributed by atoms with Crippen LogP contribution in [0.2, 0.25) is 0 Å². The maximum absolute atomic E-state index is 9.32. The number of piperidine rings is 1. The first-order valence-electron chi connectivity index (χ1n) is 8.83. The molecule has 0 aliphatic carbocycles. The van der Waals surface area contributed by atoms with Crippen molar-refractivity contribution in [3.05, 3.63) is 41.1 Å². The van der Waals surface area contributed by atoms with Gasteiger partial charge in [-0.05, 0) is 38.1 Å². The number of hydrogen-bond donors (Lipinski definition) is 0. The van der Waals surface area contributed by atoms with Gasteiger partial charge in [-0.25, -0.2) is 9.97 Å². The number of pyridine rings is 1. The SMILES string of the molecule is CN1CCCC(Oc2nc(Cc3cc4c(cn3)N=CC4)cnc2C#N)C1. The minimum Gasteiger partial charge on any atom is -0.471 e. The van der Waals surface area contributed by atoms with Crippen molar-refractivity contribution in [2.24, 2.45) is 4.99 Å². The molecular formula is C19H20N6O. The molecule has 0 amide bonds. The van der Waals surface area contributed by atoms with Crippen LogP contribution in [0.4, 0.5) is 5.69 Å². The Bertz CT molecular complexity index is 888. The summed E-state index contributed by atoms with van der Waals surface area (Å²) in [6.45, 7) is 1.91. The number of rotatable bonds is 4. The van der Waals surface area contributed by atoms with Crippen LogP contribution in [0.5, 0.6) is 5.88 Å². The molecule has 0 bridgehead atoms. The van der Waals surface area contributed by atoms with Crippen LogP contribution in [0.15, 0.2) is 23.5 Å². The number of nitriles is 1. The first-order chi connectivity index (χ1) is 12.7. The summed E-state index contributed by atoms with van der Waals surface area (Å²) in [5.41, 5.74) is 4.01. The number of fused-ring (bicyclic) bond motifs is 1. The largest absolute Gasteiger partial charge is 0.471 e. The zero-order chi connectivity index (χ0) is 17.9. The number of aromatic nitrogens is 3. The lowest BCUT2D eigenvalue weighted by Crippen LogP contribution is -2.38. The monoisotopic (exact) mass is 348 g/mol. The van der Waals surface area contributed by atoms with Gasteiger partial charge in [-0.2, -0.15) is 5.26 Å². The quantitative estimate of drug-likeness (QED) is 0.840. The van der Waals surface area contributed by atoms with E-state index in [1.165, 1.54) is 5.56 Å². The van der Waals surface area contributed by atoms with Crippen molar-refractivity contribution in [1.29, 1.82) is 5.26 Å². The topological polar surface area (TPSA) is 87.3 Å². The first kappa shape index (κ1) is 16.6. The van der Waals surface area contributed by atoms with Crippen LogP contribution < -0.4 is 4.74 Å². The van der Waals surface area contributed by atoms with E-state index in [4.69, 9.17) is 4.74 Å². The van der Waals surface area contributed by atoms with Gasteiger partial charge < -0.3 is 9.64 Å².